The van der Waals surface area contributed by atoms with Crippen molar-refractivity contribution in [2.75, 3.05) is 0 Å². The van der Waals surface area contributed by atoms with Crippen LogP contribution in [0.5, 0.6) is 0 Å². The molecule has 0 aliphatic carbocycles. The van der Waals surface area contributed by atoms with E-state index in [0.29, 0.717) is 0 Å². The minimum Gasteiger partial charge on any atom is -0.339 e. The minimum atomic E-state index is 0.754. The monoisotopic (exact) mass is 492 g/mol. The topological polar surface area (TPSA) is 9.86 Å². The van der Waals surface area contributed by atoms with Gasteiger partial charge in [0.1, 0.15) is 0 Å². The standard InChI is InChI=1S/C30H40N2S2/c1-5-9-11-21(7-3)19-31-25-13-15-33-29(25)23-18-28-24(17-27(23)31)30-26(14-16-34-30)32(28)20-22(8-4)12-10-6-2/h13-18,21-22H,5-12,19-20H2,1-4H3. The molecule has 0 saturated carbocycles. The molecule has 0 saturated heterocycles. The van der Waals surface area contributed by atoms with Crippen molar-refractivity contribution in [2.45, 2.75) is 92.2 Å². The van der Waals surface area contributed by atoms with Crippen LogP contribution < -0.4 is 0 Å². The van der Waals surface area contributed by atoms with Crippen molar-refractivity contribution in [3.63, 3.8) is 0 Å². The summed E-state index contributed by atoms with van der Waals surface area (Å²) in [5, 5.41) is 7.48. The van der Waals surface area contributed by atoms with Gasteiger partial charge in [0.25, 0.3) is 0 Å². The molecule has 4 heterocycles. The van der Waals surface area contributed by atoms with Gasteiger partial charge in [-0.2, -0.15) is 0 Å². The number of unbranched alkanes of at least 4 members (excludes halogenated alkanes) is 2. The molecule has 0 bridgehead atoms. The van der Waals surface area contributed by atoms with Gasteiger partial charge in [0.2, 0.25) is 0 Å². The van der Waals surface area contributed by atoms with E-state index in [1.165, 1.54) is 93.6 Å². The summed E-state index contributed by atoms with van der Waals surface area (Å²) in [5.41, 5.74) is 5.75. The molecular weight excluding hydrogens is 452 g/mol. The highest BCUT2D eigenvalue weighted by atomic mass is 32.1. The van der Waals surface area contributed by atoms with E-state index in [1.807, 2.05) is 22.7 Å². The van der Waals surface area contributed by atoms with Crippen molar-refractivity contribution in [3.05, 3.63) is 35.0 Å². The Hall–Kier alpha value is -1.78. The molecule has 34 heavy (non-hydrogen) atoms. The van der Waals surface area contributed by atoms with Crippen LogP contribution in [-0.2, 0) is 13.1 Å². The lowest BCUT2D eigenvalue weighted by molar-refractivity contribution is 0.400. The van der Waals surface area contributed by atoms with E-state index in [0.717, 1.165) is 24.9 Å². The van der Waals surface area contributed by atoms with E-state index in [2.05, 4.69) is 71.9 Å². The molecule has 2 atom stereocenters. The molecule has 0 aliphatic rings. The summed E-state index contributed by atoms with van der Waals surface area (Å²) in [4.78, 5) is 0. The molecule has 0 amide bonds. The Balaban J connectivity index is 1.66. The molecule has 0 spiro atoms. The van der Waals surface area contributed by atoms with Crippen molar-refractivity contribution >= 4 is 64.9 Å². The van der Waals surface area contributed by atoms with E-state index in [-0.39, 0.29) is 0 Å². The zero-order valence-corrected chi connectivity index (χ0v) is 23.0. The maximum atomic E-state index is 2.65. The van der Waals surface area contributed by atoms with Crippen LogP contribution in [0.2, 0.25) is 0 Å². The second kappa shape index (κ2) is 10.5. The van der Waals surface area contributed by atoms with Crippen LogP contribution in [-0.4, -0.2) is 9.13 Å². The van der Waals surface area contributed by atoms with Crippen LogP contribution in [0.3, 0.4) is 0 Å². The van der Waals surface area contributed by atoms with Crippen LogP contribution in [0.15, 0.2) is 35.0 Å². The summed E-state index contributed by atoms with van der Waals surface area (Å²) < 4.78 is 8.24. The lowest BCUT2D eigenvalue weighted by Crippen LogP contribution is -2.10. The fraction of sp³-hybridized carbons (Fsp3) is 0.533. The average molecular weight is 493 g/mol. The number of rotatable bonds is 12. The van der Waals surface area contributed by atoms with Gasteiger partial charge in [-0.15, -0.1) is 22.7 Å². The molecule has 0 N–H and O–H groups in total. The average Bonchev–Trinajstić information content (AvgIpc) is 3.62. The fourth-order valence-electron chi connectivity index (χ4n) is 5.82. The Labute approximate surface area is 212 Å². The molecule has 2 nitrogen and oxygen atoms in total. The molecule has 182 valence electrons. The fourth-order valence-corrected chi connectivity index (χ4v) is 7.67. The second-order valence-electron chi connectivity index (χ2n) is 10.2. The number of hydrogen-bond acceptors (Lipinski definition) is 2. The Morgan fingerprint density at radius 2 is 1.09 bits per heavy atom. The Morgan fingerprint density at radius 1 is 0.647 bits per heavy atom. The number of fused-ring (bicyclic) bond motifs is 6. The van der Waals surface area contributed by atoms with E-state index < -0.39 is 0 Å². The molecule has 4 heteroatoms. The summed E-state index contributed by atoms with van der Waals surface area (Å²) in [5.74, 6) is 1.51. The summed E-state index contributed by atoms with van der Waals surface area (Å²) in [6.45, 7) is 11.6. The zero-order valence-electron chi connectivity index (χ0n) is 21.4. The zero-order chi connectivity index (χ0) is 23.7. The predicted octanol–water partition coefficient (Wildman–Crippen LogP) is 10.5. The molecule has 4 aromatic heterocycles. The first-order valence-electron chi connectivity index (χ1n) is 13.6. The Morgan fingerprint density at radius 3 is 1.47 bits per heavy atom. The largest absolute Gasteiger partial charge is 0.339 e. The van der Waals surface area contributed by atoms with Gasteiger partial charge < -0.3 is 9.13 Å². The highest BCUT2D eigenvalue weighted by Crippen LogP contribution is 2.41. The van der Waals surface area contributed by atoms with Crippen LogP contribution in [0, 0.1) is 11.8 Å². The first-order valence-corrected chi connectivity index (χ1v) is 15.3. The van der Waals surface area contributed by atoms with Gasteiger partial charge in [-0.1, -0.05) is 66.2 Å². The lowest BCUT2D eigenvalue weighted by atomic mass is 9.99. The number of benzene rings is 1. The highest BCUT2D eigenvalue weighted by Gasteiger charge is 2.20. The third-order valence-electron chi connectivity index (χ3n) is 8.02. The van der Waals surface area contributed by atoms with Crippen molar-refractivity contribution in [3.8, 4) is 0 Å². The molecule has 0 radical (unpaired) electrons. The maximum Gasteiger partial charge on any atom is 0.0601 e. The van der Waals surface area contributed by atoms with Crippen LogP contribution >= 0.6 is 22.7 Å². The van der Waals surface area contributed by atoms with E-state index in [1.54, 1.807) is 0 Å². The Bertz CT molecular complexity index is 1270. The summed E-state index contributed by atoms with van der Waals surface area (Å²) in [7, 11) is 0. The summed E-state index contributed by atoms with van der Waals surface area (Å²) in [6.07, 6.45) is 10.4. The molecule has 2 unspecified atom stereocenters. The number of hydrogen-bond donors (Lipinski definition) is 0. The molecule has 5 aromatic rings. The van der Waals surface area contributed by atoms with Gasteiger partial charge in [0.15, 0.2) is 0 Å². The lowest BCUT2D eigenvalue weighted by Gasteiger charge is -2.18. The van der Waals surface area contributed by atoms with Crippen molar-refractivity contribution in [1.82, 2.24) is 9.13 Å². The molecule has 1 aromatic carbocycles. The van der Waals surface area contributed by atoms with E-state index >= 15 is 0 Å². The normalized spacial score (nSPS) is 14.2. The summed E-state index contributed by atoms with van der Waals surface area (Å²) in [6, 6.07) is 9.77. The molecular formula is C30H40N2S2. The van der Waals surface area contributed by atoms with Crippen molar-refractivity contribution in [2.24, 2.45) is 11.8 Å². The smallest absolute Gasteiger partial charge is 0.0601 e. The SMILES string of the molecule is CCCCC(CC)Cn1c2cc3c4sccc4n(CC(CC)CCCC)c3cc2c2sccc21. The highest BCUT2D eigenvalue weighted by molar-refractivity contribution is 7.18. The van der Waals surface area contributed by atoms with Gasteiger partial charge in [0.05, 0.1) is 31.5 Å². The number of thiophene rings is 2. The van der Waals surface area contributed by atoms with Gasteiger partial charge >= 0.3 is 0 Å². The first kappa shape index (κ1) is 23.9. The van der Waals surface area contributed by atoms with Gasteiger partial charge in [0, 0.05) is 23.9 Å². The third-order valence-corrected chi connectivity index (χ3v) is 9.90. The number of aromatic nitrogens is 2. The van der Waals surface area contributed by atoms with Gasteiger partial charge in [-0.3, -0.25) is 0 Å². The number of nitrogens with zero attached hydrogens (tertiary/aromatic N) is 2. The van der Waals surface area contributed by atoms with Gasteiger partial charge in [-0.25, -0.2) is 0 Å². The van der Waals surface area contributed by atoms with Crippen LogP contribution in [0.4, 0.5) is 0 Å². The van der Waals surface area contributed by atoms with Crippen LogP contribution in [0.25, 0.3) is 42.2 Å². The van der Waals surface area contributed by atoms with E-state index in [4.69, 9.17) is 0 Å². The quantitative estimate of drug-likeness (QED) is 0.164. The van der Waals surface area contributed by atoms with Crippen LogP contribution in [0.1, 0.15) is 79.1 Å². The molecule has 0 aliphatic heterocycles. The first-order chi connectivity index (χ1) is 16.7. The molecule has 5 rings (SSSR count). The van der Waals surface area contributed by atoms with Crippen molar-refractivity contribution in [1.29, 1.82) is 0 Å². The van der Waals surface area contributed by atoms with Gasteiger partial charge in [-0.05, 0) is 59.7 Å². The second-order valence-corrected chi connectivity index (χ2v) is 12.0. The summed E-state index contributed by atoms with van der Waals surface area (Å²) >= 11 is 3.83. The Kier molecular flexibility index (Phi) is 7.36. The minimum absolute atomic E-state index is 0.754. The van der Waals surface area contributed by atoms with Crippen molar-refractivity contribution < 1.29 is 0 Å². The molecule has 0 fully saturated rings. The third kappa shape index (κ3) is 4.22. The van der Waals surface area contributed by atoms with E-state index in [9.17, 15) is 0 Å². The predicted molar refractivity (Wildman–Crippen MR) is 155 cm³/mol. The maximum absolute atomic E-state index is 2.65.